The minimum Gasteiger partial charge on any atom is -0.478 e. The van der Waals surface area contributed by atoms with Crippen LogP contribution in [0.5, 0.6) is 0 Å². The van der Waals surface area contributed by atoms with Crippen LogP contribution >= 0.6 is 11.3 Å². The fourth-order valence-electron chi connectivity index (χ4n) is 3.65. The van der Waals surface area contributed by atoms with Crippen LogP contribution in [0, 0.1) is 0 Å². The maximum atomic E-state index is 13.2. The molecule has 0 aliphatic rings. The first-order valence-electron chi connectivity index (χ1n) is 9.08. The quantitative estimate of drug-likeness (QED) is 0.434. The Morgan fingerprint density at radius 1 is 0.828 bits per heavy atom. The molecule has 0 spiro atoms. The monoisotopic (exact) mass is 397 g/mol. The third kappa shape index (κ3) is 2.83. The Kier molecular flexibility index (Phi) is 4.03. The lowest BCUT2D eigenvalue weighted by Gasteiger charge is -2.09. The number of thiophene rings is 1. The summed E-state index contributed by atoms with van der Waals surface area (Å²) in [7, 11) is 0. The molecule has 0 fully saturated rings. The van der Waals surface area contributed by atoms with Gasteiger partial charge in [0.2, 0.25) is 0 Å². The number of rotatable bonds is 3. The van der Waals surface area contributed by atoms with Gasteiger partial charge in [-0.1, -0.05) is 54.6 Å². The van der Waals surface area contributed by atoms with Crippen molar-refractivity contribution < 1.29 is 9.90 Å². The van der Waals surface area contributed by atoms with Gasteiger partial charge in [0.25, 0.3) is 5.56 Å². The highest BCUT2D eigenvalue weighted by atomic mass is 32.1. The summed E-state index contributed by atoms with van der Waals surface area (Å²) in [6.45, 7) is 0. The second-order valence-corrected chi connectivity index (χ2v) is 7.68. The lowest BCUT2D eigenvalue weighted by atomic mass is 10.0. The minimum absolute atomic E-state index is 0.132. The van der Waals surface area contributed by atoms with Gasteiger partial charge >= 0.3 is 5.97 Å². The Balaban J connectivity index is 1.68. The van der Waals surface area contributed by atoms with Gasteiger partial charge in [-0.2, -0.15) is 0 Å². The average Bonchev–Trinajstić information content (AvgIpc) is 3.24. The van der Waals surface area contributed by atoms with Crippen LogP contribution in [0.15, 0.2) is 89.2 Å². The molecule has 3 heterocycles. The zero-order valence-electron chi connectivity index (χ0n) is 15.2. The van der Waals surface area contributed by atoms with Gasteiger partial charge in [0.15, 0.2) is 0 Å². The van der Waals surface area contributed by atoms with Crippen molar-refractivity contribution in [3.8, 4) is 22.3 Å². The first-order valence-corrected chi connectivity index (χ1v) is 9.96. The molecule has 5 aromatic rings. The third-order valence-electron chi connectivity index (χ3n) is 5.10. The van der Waals surface area contributed by atoms with E-state index in [4.69, 9.17) is 0 Å². The van der Waals surface area contributed by atoms with Crippen LogP contribution in [0.2, 0.25) is 0 Å². The fourth-order valence-corrected chi connectivity index (χ4v) is 4.58. The number of hydrogen-bond donors (Lipinski definition) is 1. The molecule has 5 rings (SSSR count). The Bertz CT molecular complexity index is 1430. The zero-order valence-corrected chi connectivity index (χ0v) is 16.0. The molecular weight excluding hydrogens is 382 g/mol. The molecule has 4 nitrogen and oxygen atoms in total. The second-order valence-electron chi connectivity index (χ2n) is 6.76. The van der Waals surface area contributed by atoms with E-state index in [1.807, 2.05) is 72.1 Å². The lowest BCUT2D eigenvalue weighted by molar-refractivity contribution is 0.0698. The maximum Gasteiger partial charge on any atom is 0.337 e. The third-order valence-corrected chi connectivity index (χ3v) is 6.03. The number of carbonyl (C=O) groups is 1. The molecule has 2 aromatic carbocycles. The molecule has 0 saturated heterocycles. The SMILES string of the molecule is O=C(O)c1cn2c(=O)c(-c3ccc(-c4ccccc4)cc3)ccc2c2sccc12. The number of aromatic carboxylic acids is 1. The summed E-state index contributed by atoms with van der Waals surface area (Å²) < 4.78 is 2.25. The standard InChI is InChI=1S/C24H15NO3S/c26-23-18(17-8-6-16(7-9-17)15-4-2-1-3-5-15)10-11-21-22-19(12-13-29-22)20(24(27)28)14-25(21)23/h1-14H,(H,27,28). The normalized spacial score (nSPS) is 11.2. The van der Waals surface area contributed by atoms with Crippen molar-refractivity contribution >= 4 is 32.9 Å². The van der Waals surface area contributed by atoms with Crippen LogP contribution in [0.1, 0.15) is 10.4 Å². The highest BCUT2D eigenvalue weighted by molar-refractivity contribution is 7.18. The van der Waals surface area contributed by atoms with Gasteiger partial charge in [-0.15, -0.1) is 11.3 Å². The summed E-state index contributed by atoms with van der Waals surface area (Å²) in [5.74, 6) is -1.04. The van der Waals surface area contributed by atoms with E-state index in [1.165, 1.54) is 21.9 Å². The highest BCUT2D eigenvalue weighted by Crippen LogP contribution is 2.30. The molecule has 0 unspecified atom stereocenters. The highest BCUT2D eigenvalue weighted by Gasteiger charge is 2.16. The van der Waals surface area contributed by atoms with Crippen molar-refractivity contribution in [1.29, 1.82) is 0 Å². The molecule has 1 N–H and O–H groups in total. The summed E-state index contributed by atoms with van der Waals surface area (Å²) in [6.07, 6.45) is 1.43. The van der Waals surface area contributed by atoms with E-state index in [0.717, 1.165) is 26.9 Å². The van der Waals surface area contributed by atoms with Gasteiger partial charge in [-0.3, -0.25) is 9.20 Å². The minimum atomic E-state index is -1.04. The number of aromatic nitrogens is 1. The molecule has 3 aromatic heterocycles. The summed E-state index contributed by atoms with van der Waals surface area (Å²) in [4.78, 5) is 24.9. The van der Waals surface area contributed by atoms with Gasteiger partial charge in [0.1, 0.15) is 0 Å². The van der Waals surface area contributed by atoms with Crippen LogP contribution in [-0.2, 0) is 0 Å². The van der Waals surface area contributed by atoms with Gasteiger partial charge in [-0.25, -0.2) is 4.79 Å². The number of carboxylic acids is 1. The molecule has 0 atom stereocenters. The maximum absolute atomic E-state index is 13.2. The molecule has 0 aliphatic heterocycles. The van der Waals surface area contributed by atoms with E-state index in [2.05, 4.69) is 0 Å². The second kappa shape index (κ2) is 6.72. The topological polar surface area (TPSA) is 58.8 Å². The van der Waals surface area contributed by atoms with Crippen LogP contribution in [0.3, 0.4) is 0 Å². The van der Waals surface area contributed by atoms with E-state index in [0.29, 0.717) is 10.9 Å². The van der Waals surface area contributed by atoms with E-state index >= 15 is 0 Å². The molecule has 5 heteroatoms. The summed E-state index contributed by atoms with van der Waals surface area (Å²) in [5.41, 5.74) is 4.14. The number of carboxylic acid groups (broad SMARTS) is 1. The van der Waals surface area contributed by atoms with Crippen molar-refractivity contribution in [2.24, 2.45) is 0 Å². The Morgan fingerprint density at radius 2 is 1.52 bits per heavy atom. The summed E-state index contributed by atoms with van der Waals surface area (Å²) in [5, 5.41) is 12.1. The average molecular weight is 397 g/mol. The number of hydrogen-bond acceptors (Lipinski definition) is 3. The van der Waals surface area contributed by atoms with E-state index in [1.54, 1.807) is 6.07 Å². The number of pyridine rings is 2. The Labute approximate surface area is 169 Å². The Morgan fingerprint density at radius 3 is 2.24 bits per heavy atom. The van der Waals surface area contributed by atoms with Crippen molar-refractivity contribution in [2.45, 2.75) is 0 Å². The van der Waals surface area contributed by atoms with Crippen LogP contribution in [0.25, 0.3) is 37.9 Å². The van der Waals surface area contributed by atoms with Crippen LogP contribution in [-0.4, -0.2) is 15.5 Å². The Hall–Kier alpha value is -3.70. The number of fused-ring (bicyclic) bond motifs is 3. The first-order chi connectivity index (χ1) is 14.1. The fraction of sp³-hybridized carbons (Fsp3) is 0. The zero-order chi connectivity index (χ0) is 20.0. The first kappa shape index (κ1) is 17.4. The smallest absolute Gasteiger partial charge is 0.337 e. The summed E-state index contributed by atoms with van der Waals surface area (Å²) >= 11 is 1.44. The molecule has 0 bridgehead atoms. The van der Waals surface area contributed by atoms with E-state index < -0.39 is 5.97 Å². The number of benzene rings is 2. The van der Waals surface area contributed by atoms with Crippen LogP contribution < -0.4 is 5.56 Å². The molecule has 0 amide bonds. The molecule has 29 heavy (non-hydrogen) atoms. The number of nitrogens with zero attached hydrogens (tertiary/aromatic N) is 1. The van der Waals surface area contributed by atoms with Gasteiger partial charge < -0.3 is 5.11 Å². The predicted molar refractivity (Wildman–Crippen MR) is 117 cm³/mol. The van der Waals surface area contributed by atoms with Gasteiger partial charge in [0.05, 0.1) is 15.8 Å². The summed E-state index contributed by atoms with van der Waals surface area (Å²) in [6, 6.07) is 23.3. The predicted octanol–water partition coefficient (Wildman–Crippen LogP) is 5.55. The van der Waals surface area contributed by atoms with Crippen molar-refractivity contribution in [3.63, 3.8) is 0 Å². The molecule has 140 valence electrons. The van der Waals surface area contributed by atoms with Gasteiger partial charge in [0, 0.05) is 17.1 Å². The van der Waals surface area contributed by atoms with Crippen molar-refractivity contribution in [3.05, 3.63) is 100 Å². The lowest BCUT2D eigenvalue weighted by Crippen LogP contribution is -2.17. The van der Waals surface area contributed by atoms with Crippen molar-refractivity contribution in [1.82, 2.24) is 4.40 Å². The van der Waals surface area contributed by atoms with Crippen molar-refractivity contribution in [2.75, 3.05) is 0 Å². The van der Waals surface area contributed by atoms with Crippen LogP contribution in [0.4, 0.5) is 0 Å². The molecule has 0 saturated carbocycles. The van der Waals surface area contributed by atoms with E-state index in [-0.39, 0.29) is 11.1 Å². The largest absolute Gasteiger partial charge is 0.478 e. The molecule has 0 radical (unpaired) electrons. The molecular formula is C24H15NO3S. The molecule has 0 aliphatic carbocycles. The van der Waals surface area contributed by atoms with Gasteiger partial charge in [-0.05, 0) is 40.3 Å². The van der Waals surface area contributed by atoms with E-state index in [9.17, 15) is 14.7 Å².